The van der Waals surface area contributed by atoms with Crippen molar-refractivity contribution >= 4 is 81.9 Å². The number of carbonyl (C=O) groups excluding carboxylic acids is 10. The maximum absolute atomic E-state index is 14.7. The number of H-pyrrole nitrogens is 2. The number of aromatic hydroxyl groups is 1. The first kappa shape index (κ1) is 75.1. The molecule has 4 heterocycles. The number of likely N-dealkylation sites (N-methyl/N-ethyl adjacent to an activating group) is 1. The van der Waals surface area contributed by atoms with Gasteiger partial charge < -0.3 is 102 Å². The number of aliphatic hydroxyl groups is 1. The first-order chi connectivity index (χ1) is 43.3. The Bertz CT molecular complexity index is 3180. The molecule has 92 heavy (non-hydrogen) atoms. The molecular weight excluding hydrogens is 1220 g/mol. The van der Waals surface area contributed by atoms with E-state index in [1.54, 1.807) is 45.2 Å². The van der Waals surface area contributed by atoms with Gasteiger partial charge in [-0.05, 0) is 93.0 Å². The number of nitrogens with zero attached hydrogens (tertiary/aromatic N) is 3. The van der Waals surface area contributed by atoms with Crippen LogP contribution in [0.25, 0.3) is 10.9 Å². The standard InChI is InChI=1S/C59H84N16O12.C2H4O2.ClH/c1-6-63-57(86)48-14-10-22-75(48)58(87)41(13-9-21-64-59(60)61)68-51(80)42(23-32(2)3)69-52(81)43(24-33(4)5)70-53(82)44(25-34-15-17-37(77)18-16-34)71-56(85)47(30-76)74-54(83)45(26-35-28-65-39-12-8-7-11-38(35)39)72-55(84)46(27-36-29-62-31-66-36)73-50(79)40-19-20-49(78)67-40;1-2(3)4;/h7-8,11-12,15-18,28-29,31-33,40-48,65,76-77H,6,9-10,13-14,19-27,30H2,1-5H3,(H,62,66)(H,63,86)(H,67,78)(H,68,80)(H,69,81)(H,70,82)(H,71,85)(H,72,84)(H,73,79)(H,74,83)(H4,60,61,64);1H3,(H,3,4);1H/t40-,41-,42-,43+,44-,45-,46-,47-,48-;;/m0../s1. The van der Waals surface area contributed by atoms with Gasteiger partial charge in [0.2, 0.25) is 59.1 Å². The number of likely N-dealkylation sites (tertiary alicyclic amines) is 1. The SMILES string of the molecule is CC(=O)O.CCNC(=O)[C@@H]1CCCN1C(=O)[C@H](CCCN=C(N)N)NC(=O)[C@H](CC(C)C)NC(=O)[C@@H](CC(C)C)NC(=O)[C@H](Cc1ccc(O)cc1)NC(=O)[C@H](CO)NC(=O)[C@H](Cc1c[nH]c2ccccc12)NC(=O)[C@H](Cc1cnc[nH]1)NC(=O)[C@@H]1CCC(=O)N1.[Cl-].[H+]. The number of imidazole rings is 1. The Morgan fingerprint density at radius 3 is 1.80 bits per heavy atom. The fourth-order valence-corrected chi connectivity index (χ4v) is 10.5. The highest BCUT2D eigenvalue weighted by Crippen LogP contribution is 2.22. The molecule has 0 saturated carbocycles. The number of aliphatic carboxylic acids is 1. The highest BCUT2D eigenvalue weighted by molar-refractivity contribution is 5.99. The van der Waals surface area contributed by atoms with Gasteiger partial charge in [-0.15, -0.1) is 0 Å². The second-order valence-electron chi connectivity index (χ2n) is 23.3. The molecule has 4 aromatic rings. The van der Waals surface area contributed by atoms with Gasteiger partial charge in [-0.2, -0.15) is 0 Å². The average Bonchev–Trinajstić information content (AvgIpc) is 1.82. The Balaban J connectivity index is 0.00000365. The lowest BCUT2D eigenvalue weighted by Crippen LogP contribution is -3.00. The normalized spacial score (nSPS) is 16.5. The molecule has 0 radical (unpaired) electrons. The third kappa shape index (κ3) is 23.8. The molecule has 2 aliphatic heterocycles. The van der Waals surface area contributed by atoms with E-state index in [4.69, 9.17) is 21.4 Å². The molecule has 0 bridgehead atoms. The van der Waals surface area contributed by atoms with E-state index in [9.17, 15) is 58.2 Å². The summed E-state index contributed by atoms with van der Waals surface area (Å²) >= 11 is 0. The van der Waals surface area contributed by atoms with Gasteiger partial charge in [-0.1, -0.05) is 58.0 Å². The molecule has 31 heteroatoms. The molecular formula is C61H89ClN16O14. The molecule has 0 aliphatic carbocycles. The van der Waals surface area contributed by atoms with Crippen molar-refractivity contribution in [3.05, 3.63) is 84.1 Å². The summed E-state index contributed by atoms with van der Waals surface area (Å²) in [7, 11) is 0. The van der Waals surface area contributed by atoms with E-state index < -0.39 is 114 Å². The minimum atomic E-state index is -1.75. The highest BCUT2D eigenvalue weighted by atomic mass is 35.5. The van der Waals surface area contributed by atoms with Crippen molar-refractivity contribution in [1.82, 2.24) is 67.7 Å². The molecule has 2 aromatic carbocycles. The summed E-state index contributed by atoms with van der Waals surface area (Å²) in [5.41, 5.74) is 13.3. The molecule has 2 saturated heterocycles. The number of aromatic amines is 2. The first-order valence-electron chi connectivity index (χ1n) is 30.4. The van der Waals surface area contributed by atoms with Crippen LogP contribution in [0.5, 0.6) is 5.75 Å². The number of aliphatic imine (C=N–C) groups is 1. The first-order valence-corrected chi connectivity index (χ1v) is 30.4. The van der Waals surface area contributed by atoms with Gasteiger partial charge in [0.05, 0.1) is 12.9 Å². The van der Waals surface area contributed by atoms with Gasteiger partial charge in [-0.25, -0.2) is 4.98 Å². The van der Waals surface area contributed by atoms with E-state index in [1.807, 2.05) is 19.9 Å². The monoisotopic (exact) mass is 1300 g/mol. The third-order valence-electron chi connectivity index (χ3n) is 14.9. The number of guanidine groups is 1. The topological polar surface area (TPSA) is 469 Å². The predicted molar refractivity (Wildman–Crippen MR) is 335 cm³/mol. The number of phenols is 1. The zero-order valence-corrected chi connectivity index (χ0v) is 53.3. The van der Waals surface area contributed by atoms with Gasteiger partial charge in [-0.3, -0.25) is 57.7 Å². The number of hydrogen-bond acceptors (Lipinski definition) is 15. The summed E-state index contributed by atoms with van der Waals surface area (Å²) in [6.07, 6.45) is 5.80. The van der Waals surface area contributed by atoms with E-state index in [2.05, 4.69) is 67.8 Å². The number of benzene rings is 2. The number of carboxylic acid groups (broad SMARTS) is 1. The summed E-state index contributed by atoms with van der Waals surface area (Å²) in [4.78, 5) is 164. The van der Waals surface area contributed by atoms with Gasteiger partial charge in [0.25, 0.3) is 5.97 Å². The molecule has 10 amide bonds. The minimum absolute atomic E-state index is 0. The smallest absolute Gasteiger partial charge is 1.00 e. The second kappa shape index (κ2) is 37.1. The molecule has 30 nitrogen and oxygen atoms in total. The minimum Gasteiger partial charge on any atom is -1.00 e. The number of carbonyl (C=O) groups is 11. The van der Waals surface area contributed by atoms with Crippen molar-refractivity contribution in [1.29, 1.82) is 0 Å². The number of nitrogens with two attached hydrogens (primary N) is 2. The van der Waals surface area contributed by atoms with Crippen LogP contribution in [0.15, 0.2) is 72.2 Å². The van der Waals surface area contributed by atoms with Gasteiger partial charge in [0.15, 0.2) is 5.96 Å². The fraction of sp³-hybridized carbons (Fsp3) is 0.525. The van der Waals surface area contributed by atoms with Crippen LogP contribution in [0.2, 0.25) is 0 Å². The lowest BCUT2D eigenvalue weighted by molar-refractivity contribution is -0.142. The molecule has 2 aromatic heterocycles. The predicted octanol–water partition coefficient (Wildman–Crippen LogP) is -4.23. The number of para-hydroxylation sites is 1. The molecule has 0 unspecified atom stereocenters. The number of carboxylic acids is 1. The number of hydrogen-bond donors (Lipinski definition) is 16. The molecule has 504 valence electrons. The van der Waals surface area contributed by atoms with E-state index in [0.717, 1.165) is 12.4 Å². The van der Waals surface area contributed by atoms with Gasteiger partial charge >= 0.3 is 1.43 Å². The Kier molecular flexibility index (Phi) is 30.3. The van der Waals surface area contributed by atoms with E-state index in [0.29, 0.717) is 41.6 Å². The quantitative estimate of drug-likeness (QED) is 0.0125. The van der Waals surface area contributed by atoms with Crippen LogP contribution >= 0.6 is 0 Å². The number of aliphatic hydroxyl groups excluding tert-OH is 1. The van der Waals surface area contributed by atoms with E-state index in [1.165, 1.54) is 41.7 Å². The van der Waals surface area contributed by atoms with Crippen molar-refractivity contribution < 1.29 is 81.9 Å². The largest absolute Gasteiger partial charge is 1.00 e. The number of rotatable bonds is 32. The average molecular weight is 1310 g/mol. The number of fused-ring (bicyclic) bond motifs is 1. The summed E-state index contributed by atoms with van der Waals surface area (Å²) < 4.78 is 0. The molecule has 2 fully saturated rings. The van der Waals surface area contributed by atoms with Crippen LogP contribution < -0.4 is 71.7 Å². The number of amides is 10. The summed E-state index contributed by atoms with van der Waals surface area (Å²) in [6, 6.07) is 1.58. The lowest BCUT2D eigenvalue weighted by atomic mass is 9.98. The maximum Gasteiger partial charge on any atom is 1.00 e. The van der Waals surface area contributed by atoms with Crippen LogP contribution in [0.4, 0.5) is 0 Å². The Morgan fingerprint density at radius 2 is 1.26 bits per heavy atom. The van der Waals surface area contributed by atoms with Crippen molar-refractivity contribution in [3.63, 3.8) is 0 Å². The molecule has 0 spiro atoms. The molecule has 6 rings (SSSR count). The number of nitrogens with one attached hydrogen (secondary N) is 11. The highest BCUT2D eigenvalue weighted by Gasteiger charge is 2.40. The number of phenolic OH excluding ortho intramolecular Hbond substituents is 1. The van der Waals surface area contributed by atoms with Gasteiger partial charge in [0.1, 0.15) is 60.1 Å². The van der Waals surface area contributed by atoms with Crippen LogP contribution in [-0.4, -0.2) is 187 Å². The maximum atomic E-state index is 14.7. The van der Waals surface area contributed by atoms with Crippen LogP contribution in [0.3, 0.4) is 0 Å². The van der Waals surface area contributed by atoms with Crippen molar-refractivity contribution in [2.75, 3.05) is 26.2 Å². The van der Waals surface area contributed by atoms with Crippen LogP contribution in [0, 0.1) is 11.8 Å². The van der Waals surface area contributed by atoms with Crippen LogP contribution in [-0.2, 0) is 72.0 Å². The second-order valence-corrected chi connectivity index (χ2v) is 23.3. The zero-order valence-electron chi connectivity index (χ0n) is 53.5. The summed E-state index contributed by atoms with van der Waals surface area (Å²) in [5.74, 6) is -8.39. The summed E-state index contributed by atoms with van der Waals surface area (Å²) in [5, 5.41) is 53.3. The number of aromatic nitrogens is 3. The van der Waals surface area contributed by atoms with Crippen molar-refractivity contribution in [2.24, 2.45) is 28.3 Å². The Labute approximate surface area is 540 Å². The van der Waals surface area contributed by atoms with Crippen molar-refractivity contribution in [3.8, 4) is 5.75 Å². The van der Waals surface area contributed by atoms with Crippen molar-refractivity contribution in [2.45, 2.75) is 167 Å². The summed E-state index contributed by atoms with van der Waals surface area (Å²) in [6.45, 7) is 9.91. The Hall–Kier alpha value is -9.32. The third-order valence-corrected chi connectivity index (χ3v) is 14.9. The zero-order chi connectivity index (χ0) is 66.9. The molecule has 18 N–H and O–H groups in total. The van der Waals surface area contributed by atoms with E-state index >= 15 is 0 Å². The molecule has 2 aliphatic rings. The van der Waals surface area contributed by atoms with Gasteiger partial charge in [0, 0.05) is 81.2 Å². The Morgan fingerprint density at radius 1 is 0.717 bits per heavy atom. The lowest BCUT2D eigenvalue weighted by Gasteiger charge is -2.31. The molecule has 9 atom stereocenters. The van der Waals surface area contributed by atoms with Crippen LogP contribution in [0.1, 0.15) is 111 Å². The number of halogens is 1. The fourth-order valence-electron chi connectivity index (χ4n) is 10.5. The van der Waals surface area contributed by atoms with E-state index in [-0.39, 0.29) is 120 Å².